The third-order valence-electron chi connectivity index (χ3n) is 4.46. The lowest BCUT2D eigenvalue weighted by molar-refractivity contribution is -0.0147. The fourth-order valence-corrected chi connectivity index (χ4v) is 2.82. The molecule has 0 fully saturated rings. The molecule has 0 amide bonds. The van der Waals surface area contributed by atoms with Gasteiger partial charge in [-0.15, -0.1) is 0 Å². The second kappa shape index (κ2) is 8.88. The van der Waals surface area contributed by atoms with Gasteiger partial charge in [0.1, 0.15) is 0 Å². The van der Waals surface area contributed by atoms with Gasteiger partial charge in [0, 0.05) is 0 Å². The lowest BCUT2D eigenvalue weighted by Crippen LogP contribution is -2.25. The summed E-state index contributed by atoms with van der Waals surface area (Å²) in [6.07, 6.45) is 4.71. The Balaban J connectivity index is 1.94. The van der Waals surface area contributed by atoms with Gasteiger partial charge < -0.3 is 4.74 Å². The van der Waals surface area contributed by atoms with Crippen LogP contribution >= 0.6 is 0 Å². The molecular formula is C22H30O. The van der Waals surface area contributed by atoms with E-state index in [0.717, 1.165) is 25.7 Å². The van der Waals surface area contributed by atoms with Crippen molar-refractivity contribution in [1.29, 1.82) is 0 Å². The topological polar surface area (TPSA) is 9.23 Å². The van der Waals surface area contributed by atoms with Crippen molar-refractivity contribution in [2.24, 2.45) is 0 Å². The predicted octanol–water partition coefficient (Wildman–Crippen LogP) is 5.66. The summed E-state index contributed by atoms with van der Waals surface area (Å²) in [5.74, 6) is 0. The van der Waals surface area contributed by atoms with Crippen LogP contribution in [0.3, 0.4) is 0 Å². The van der Waals surface area contributed by atoms with E-state index in [-0.39, 0.29) is 0 Å². The Hall–Kier alpha value is -1.60. The summed E-state index contributed by atoms with van der Waals surface area (Å²) in [5, 5.41) is 0. The van der Waals surface area contributed by atoms with Gasteiger partial charge in [-0.25, -0.2) is 0 Å². The molecule has 0 saturated heterocycles. The molecule has 2 atom stereocenters. The molecule has 1 heteroatoms. The molecule has 0 aliphatic heterocycles. The SMILES string of the molecule is CCC(Cc1ccc(C)cc1)OC(CC)Cc1ccc(C)cc1. The summed E-state index contributed by atoms with van der Waals surface area (Å²) in [6, 6.07) is 17.6. The van der Waals surface area contributed by atoms with Crippen molar-refractivity contribution < 1.29 is 4.74 Å². The van der Waals surface area contributed by atoms with E-state index in [4.69, 9.17) is 4.74 Å². The monoisotopic (exact) mass is 310 g/mol. The Morgan fingerprint density at radius 1 is 0.652 bits per heavy atom. The van der Waals surface area contributed by atoms with Crippen LogP contribution in [0.1, 0.15) is 48.9 Å². The Morgan fingerprint density at radius 3 is 1.30 bits per heavy atom. The largest absolute Gasteiger partial charge is 0.374 e. The second-order valence-electron chi connectivity index (χ2n) is 6.58. The van der Waals surface area contributed by atoms with E-state index in [1.165, 1.54) is 22.3 Å². The van der Waals surface area contributed by atoms with Crippen molar-refractivity contribution in [1.82, 2.24) is 0 Å². The normalized spacial score (nSPS) is 13.7. The van der Waals surface area contributed by atoms with Crippen molar-refractivity contribution in [2.75, 3.05) is 0 Å². The van der Waals surface area contributed by atoms with E-state index < -0.39 is 0 Å². The van der Waals surface area contributed by atoms with Crippen molar-refractivity contribution in [2.45, 2.75) is 65.6 Å². The third-order valence-corrected chi connectivity index (χ3v) is 4.46. The molecule has 2 unspecified atom stereocenters. The van der Waals surface area contributed by atoms with Gasteiger partial charge in [0.25, 0.3) is 0 Å². The van der Waals surface area contributed by atoms with Crippen LogP contribution in [0.25, 0.3) is 0 Å². The molecule has 124 valence electrons. The molecule has 0 spiro atoms. The Labute approximate surface area is 141 Å². The quantitative estimate of drug-likeness (QED) is 0.611. The highest BCUT2D eigenvalue weighted by Crippen LogP contribution is 2.17. The average Bonchev–Trinajstić information content (AvgIpc) is 2.57. The number of hydrogen-bond acceptors (Lipinski definition) is 1. The fourth-order valence-electron chi connectivity index (χ4n) is 2.82. The van der Waals surface area contributed by atoms with Gasteiger partial charge >= 0.3 is 0 Å². The van der Waals surface area contributed by atoms with E-state index in [0.29, 0.717) is 12.2 Å². The molecule has 0 bridgehead atoms. The van der Waals surface area contributed by atoms with Crippen molar-refractivity contribution in [3.8, 4) is 0 Å². The average molecular weight is 310 g/mol. The van der Waals surface area contributed by atoms with Crippen LogP contribution in [0.15, 0.2) is 48.5 Å². The van der Waals surface area contributed by atoms with E-state index in [9.17, 15) is 0 Å². The third kappa shape index (κ3) is 5.84. The first-order valence-corrected chi connectivity index (χ1v) is 8.87. The molecule has 0 saturated carbocycles. The summed E-state index contributed by atoms with van der Waals surface area (Å²) < 4.78 is 6.42. The summed E-state index contributed by atoms with van der Waals surface area (Å²) >= 11 is 0. The summed E-state index contributed by atoms with van der Waals surface area (Å²) in [4.78, 5) is 0. The van der Waals surface area contributed by atoms with Gasteiger partial charge in [-0.05, 0) is 50.7 Å². The molecule has 0 aromatic heterocycles. The highest BCUT2D eigenvalue weighted by atomic mass is 16.5. The number of aryl methyl sites for hydroxylation is 2. The van der Waals surface area contributed by atoms with Gasteiger partial charge in [0.05, 0.1) is 12.2 Å². The van der Waals surface area contributed by atoms with Gasteiger partial charge in [0.2, 0.25) is 0 Å². The van der Waals surface area contributed by atoms with Gasteiger partial charge in [-0.3, -0.25) is 0 Å². The first kappa shape index (κ1) is 17.7. The van der Waals surface area contributed by atoms with Crippen LogP contribution in [0.4, 0.5) is 0 Å². The highest BCUT2D eigenvalue weighted by Gasteiger charge is 2.15. The first-order valence-electron chi connectivity index (χ1n) is 8.87. The molecule has 2 aromatic rings. The molecule has 0 aliphatic carbocycles. The minimum Gasteiger partial charge on any atom is -0.374 e. The molecule has 2 aromatic carbocycles. The highest BCUT2D eigenvalue weighted by molar-refractivity contribution is 5.23. The molecule has 2 rings (SSSR count). The zero-order chi connectivity index (χ0) is 16.7. The Kier molecular flexibility index (Phi) is 6.85. The van der Waals surface area contributed by atoms with Crippen LogP contribution in [-0.4, -0.2) is 12.2 Å². The van der Waals surface area contributed by atoms with E-state index in [1.54, 1.807) is 0 Å². The lowest BCUT2D eigenvalue weighted by Gasteiger charge is -2.24. The maximum Gasteiger partial charge on any atom is 0.0616 e. The van der Waals surface area contributed by atoms with E-state index >= 15 is 0 Å². The van der Waals surface area contributed by atoms with E-state index in [1.807, 2.05) is 0 Å². The van der Waals surface area contributed by atoms with Gasteiger partial charge in [-0.1, -0.05) is 73.5 Å². The Morgan fingerprint density at radius 2 is 1.00 bits per heavy atom. The molecule has 1 nitrogen and oxygen atoms in total. The molecule has 0 radical (unpaired) electrons. The number of ether oxygens (including phenoxy) is 1. The van der Waals surface area contributed by atoms with E-state index in [2.05, 4.69) is 76.2 Å². The van der Waals surface area contributed by atoms with Gasteiger partial charge in [0.15, 0.2) is 0 Å². The molecular weight excluding hydrogens is 280 g/mol. The summed E-state index contributed by atoms with van der Waals surface area (Å²) in [6.45, 7) is 8.70. The van der Waals surface area contributed by atoms with Crippen molar-refractivity contribution in [3.63, 3.8) is 0 Å². The number of benzene rings is 2. The molecule has 0 N–H and O–H groups in total. The maximum absolute atomic E-state index is 6.42. The van der Waals surface area contributed by atoms with Crippen molar-refractivity contribution >= 4 is 0 Å². The Bertz CT molecular complexity index is 514. The second-order valence-corrected chi connectivity index (χ2v) is 6.58. The van der Waals surface area contributed by atoms with Crippen molar-refractivity contribution in [3.05, 3.63) is 70.8 Å². The maximum atomic E-state index is 6.42. The number of rotatable bonds is 8. The summed E-state index contributed by atoms with van der Waals surface area (Å²) in [5.41, 5.74) is 5.36. The molecule has 0 heterocycles. The molecule has 23 heavy (non-hydrogen) atoms. The summed E-state index contributed by atoms with van der Waals surface area (Å²) in [7, 11) is 0. The van der Waals surface area contributed by atoms with Crippen LogP contribution in [0, 0.1) is 13.8 Å². The predicted molar refractivity (Wildman–Crippen MR) is 99.0 cm³/mol. The molecule has 0 aliphatic rings. The van der Waals surface area contributed by atoms with Crippen LogP contribution in [0.5, 0.6) is 0 Å². The first-order chi connectivity index (χ1) is 11.1. The van der Waals surface area contributed by atoms with Gasteiger partial charge in [-0.2, -0.15) is 0 Å². The smallest absolute Gasteiger partial charge is 0.0616 e. The lowest BCUT2D eigenvalue weighted by atomic mass is 10.0. The number of hydrogen-bond donors (Lipinski definition) is 0. The van der Waals surface area contributed by atoms with Crippen LogP contribution in [0.2, 0.25) is 0 Å². The zero-order valence-electron chi connectivity index (χ0n) is 15.0. The minimum atomic E-state index is 0.299. The van der Waals surface area contributed by atoms with Crippen LogP contribution < -0.4 is 0 Å². The zero-order valence-corrected chi connectivity index (χ0v) is 15.0. The van der Waals surface area contributed by atoms with Crippen LogP contribution in [-0.2, 0) is 17.6 Å². The fraction of sp³-hybridized carbons (Fsp3) is 0.455. The minimum absolute atomic E-state index is 0.299. The standard InChI is InChI=1S/C22H30O/c1-5-21(15-19-11-7-17(3)8-12-19)23-22(6-2)16-20-13-9-18(4)10-14-20/h7-14,21-22H,5-6,15-16H2,1-4H3.